The van der Waals surface area contributed by atoms with E-state index in [9.17, 15) is 9.90 Å². The SMILES string of the molecule is CCCCCCCCCC(CCCC)C1(C(=O)O)CC1C. The molecule has 0 amide bonds. The fraction of sp³-hybridized carbons (Fsp3) is 0.947. The van der Waals surface area contributed by atoms with E-state index in [4.69, 9.17) is 0 Å². The Morgan fingerprint density at radius 1 is 1.00 bits per heavy atom. The molecule has 1 saturated carbocycles. The van der Waals surface area contributed by atoms with Crippen molar-refractivity contribution in [3.8, 4) is 0 Å². The van der Waals surface area contributed by atoms with Crippen molar-refractivity contribution < 1.29 is 9.90 Å². The molecule has 3 atom stereocenters. The van der Waals surface area contributed by atoms with Gasteiger partial charge in [0.25, 0.3) is 0 Å². The van der Waals surface area contributed by atoms with Gasteiger partial charge in [-0.15, -0.1) is 0 Å². The molecule has 1 aliphatic rings. The van der Waals surface area contributed by atoms with Crippen LogP contribution in [0.3, 0.4) is 0 Å². The minimum atomic E-state index is -0.529. The smallest absolute Gasteiger partial charge is 0.310 e. The maximum atomic E-state index is 11.7. The summed E-state index contributed by atoms with van der Waals surface area (Å²) in [5, 5.41) is 9.64. The maximum Gasteiger partial charge on any atom is 0.310 e. The zero-order valence-corrected chi connectivity index (χ0v) is 14.5. The molecule has 0 radical (unpaired) electrons. The minimum absolute atomic E-state index is 0.364. The summed E-state index contributed by atoms with van der Waals surface area (Å²) in [6.07, 6.45) is 14.7. The highest BCUT2D eigenvalue weighted by molar-refractivity contribution is 5.79. The third kappa shape index (κ3) is 5.30. The Bertz CT molecular complexity index is 300. The van der Waals surface area contributed by atoms with Crippen molar-refractivity contribution in [1.82, 2.24) is 0 Å². The normalized spacial score (nSPS) is 25.8. The number of carbonyl (C=O) groups is 1. The maximum absolute atomic E-state index is 11.7. The first-order valence-electron chi connectivity index (χ1n) is 9.32. The van der Waals surface area contributed by atoms with Gasteiger partial charge in [-0.3, -0.25) is 4.79 Å². The Morgan fingerprint density at radius 3 is 1.95 bits per heavy atom. The Balaban J connectivity index is 2.32. The van der Waals surface area contributed by atoms with Crippen LogP contribution in [-0.4, -0.2) is 11.1 Å². The van der Waals surface area contributed by atoms with Crippen LogP contribution in [0.25, 0.3) is 0 Å². The van der Waals surface area contributed by atoms with E-state index in [1.54, 1.807) is 0 Å². The van der Waals surface area contributed by atoms with Gasteiger partial charge in [-0.25, -0.2) is 0 Å². The summed E-state index contributed by atoms with van der Waals surface area (Å²) in [5.41, 5.74) is -0.364. The van der Waals surface area contributed by atoms with E-state index in [1.165, 1.54) is 57.8 Å². The quantitative estimate of drug-likeness (QED) is 0.420. The number of hydrogen-bond donors (Lipinski definition) is 1. The van der Waals surface area contributed by atoms with Crippen LogP contribution in [-0.2, 0) is 4.79 Å². The largest absolute Gasteiger partial charge is 0.481 e. The van der Waals surface area contributed by atoms with Crippen LogP contribution < -0.4 is 0 Å². The number of rotatable bonds is 13. The Hall–Kier alpha value is -0.530. The Kier molecular flexibility index (Phi) is 8.36. The van der Waals surface area contributed by atoms with Gasteiger partial charge in [-0.1, -0.05) is 78.6 Å². The fourth-order valence-corrected chi connectivity index (χ4v) is 3.95. The first-order chi connectivity index (χ1) is 10.1. The number of unbranched alkanes of at least 4 members (excludes halogenated alkanes) is 7. The van der Waals surface area contributed by atoms with Crippen LogP contribution in [0.4, 0.5) is 0 Å². The van der Waals surface area contributed by atoms with Crippen LogP contribution in [0.5, 0.6) is 0 Å². The molecule has 0 aliphatic heterocycles. The lowest BCUT2D eigenvalue weighted by Crippen LogP contribution is -2.27. The molecule has 2 heteroatoms. The number of hydrogen-bond acceptors (Lipinski definition) is 1. The van der Waals surface area contributed by atoms with Gasteiger partial charge in [0.2, 0.25) is 0 Å². The second kappa shape index (κ2) is 9.48. The summed E-state index contributed by atoms with van der Waals surface area (Å²) in [7, 11) is 0. The molecule has 1 fully saturated rings. The number of carboxylic acid groups (broad SMARTS) is 1. The monoisotopic (exact) mass is 296 g/mol. The van der Waals surface area contributed by atoms with Crippen molar-refractivity contribution in [2.45, 2.75) is 97.8 Å². The molecule has 2 nitrogen and oxygen atoms in total. The van der Waals surface area contributed by atoms with E-state index in [0.717, 1.165) is 19.3 Å². The van der Waals surface area contributed by atoms with Gasteiger partial charge in [0.15, 0.2) is 0 Å². The molecule has 0 aromatic rings. The molecule has 0 bridgehead atoms. The molecule has 124 valence electrons. The first-order valence-corrected chi connectivity index (χ1v) is 9.32. The first kappa shape index (κ1) is 18.5. The fourth-order valence-electron chi connectivity index (χ4n) is 3.95. The minimum Gasteiger partial charge on any atom is -0.481 e. The second-order valence-electron chi connectivity index (χ2n) is 7.20. The summed E-state index contributed by atoms with van der Waals surface area (Å²) in [5.74, 6) is 0.279. The predicted molar refractivity (Wildman–Crippen MR) is 89.5 cm³/mol. The van der Waals surface area contributed by atoms with E-state index >= 15 is 0 Å². The summed E-state index contributed by atoms with van der Waals surface area (Å²) in [6.45, 7) is 6.58. The van der Waals surface area contributed by atoms with Crippen molar-refractivity contribution in [3.05, 3.63) is 0 Å². The summed E-state index contributed by atoms with van der Waals surface area (Å²) < 4.78 is 0. The Morgan fingerprint density at radius 2 is 1.48 bits per heavy atom. The van der Waals surface area contributed by atoms with Crippen molar-refractivity contribution in [3.63, 3.8) is 0 Å². The van der Waals surface area contributed by atoms with Gasteiger partial charge in [0.1, 0.15) is 0 Å². The topological polar surface area (TPSA) is 37.3 Å². The van der Waals surface area contributed by atoms with E-state index < -0.39 is 5.97 Å². The van der Waals surface area contributed by atoms with E-state index in [2.05, 4.69) is 20.8 Å². The highest BCUT2D eigenvalue weighted by Gasteiger charge is 2.61. The molecule has 0 heterocycles. The lowest BCUT2D eigenvalue weighted by atomic mass is 9.79. The zero-order chi connectivity index (χ0) is 15.7. The number of aliphatic carboxylic acids is 1. The van der Waals surface area contributed by atoms with E-state index in [-0.39, 0.29) is 5.41 Å². The molecule has 0 spiro atoms. The van der Waals surface area contributed by atoms with E-state index in [1.807, 2.05) is 0 Å². The molecular weight excluding hydrogens is 260 g/mol. The van der Waals surface area contributed by atoms with Gasteiger partial charge < -0.3 is 5.11 Å². The summed E-state index contributed by atoms with van der Waals surface area (Å²) in [6, 6.07) is 0. The lowest BCUT2D eigenvalue weighted by molar-refractivity contribution is -0.146. The highest BCUT2D eigenvalue weighted by Crippen LogP contribution is 2.60. The third-order valence-corrected chi connectivity index (χ3v) is 5.55. The molecule has 1 rings (SSSR count). The van der Waals surface area contributed by atoms with Crippen LogP contribution in [0.1, 0.15) is 97.8 Å². The average molecular weight is 296 g/mol. The zero-order valence-electron chi connectivity index (χ0n) is 14.5. The van der Waals surface area contributed by atoms with Crippen molar-refractivity contribution in [2.24, 2.45) is 17.3 Å². The second-order valence-corrected chi connectivity index (χ2v) is 7.20. The summed E-state index contributed by atoms with van der Waals surface area (Å²) in [4.78, 5) is 11.7. The number of carboxylic acids is 1. The van der Waals surface area contributed by atoms with Crippen molar-refractivity contribution in [1.29, 1.82) is 0 Å². The molecule has 3 unspecified atom stereocenters. The predicted octanol–water partition coefficient (Wildman–Crippen LogP) is 6.04. The van der Waals surface area contributed by atoms with Gasteiger partial charge in [-0.05, 0) is 31.1 Å². The molecule has 0 aromatic carbocycles. The average Bonchev–Trinajstić information content (AvgIpc) is 3.14. The molecular formula is C19H36O2. The van der Waals surface area contributed by atoms with Gasteiger partial charge in [0, 0.05) is 0 Å². The van der Waals surface area contributed by atoms with Crippen LogP contribution in [0.15, 0.2) is 0 Å². The Labute approximate surface area is 131 Å². The van der Waals surface area contributed by atoms with Crippen LogP contribution in [0.2, 0.25) is 0 Å². The van der Waals surface area contributed by atoms with Gasteiger partial charge in [0.05, 0.1) is 5.41 Å². The lowest BCUT2D eigenvalue weighted by Gasteiger charge is -2.24. The highest BCUT2D eigenvalue weighted by atomic mass is 16.4. The standard InChI is InChI=1S/C19H36O2/c1-4-6-8-9-10-11-12-14-17(13-7-5-2)19(18(20)21)15-16(19)3/h16-17H,4-15H2,1-3H3,(H,20,21). The third-order valence-electron chi connectivity index (χ3n) is 5.55. The molecule has 1 N–H and O–H groups in total. The van der Waals surface area contributed by atoms with E-state index in [0.29, 0.717) is 11.8 Å². The molecule has 1 aliphatic carbocycles. The summed E-state index contributed by atoms with van der Waals surface area (Å²) >= 11 is 0. The van der Waals surface area contributed by atoms with Crippen molar-refractivity contribution in [2.75, 3.05) is 0 Å². The van der Waals surface area contributed by atoms with Crippen molar-refractivity contribution >= 4 is 5.97 Å². The van der Waals surface area contributed by atoms with Crippen LogP contribution >= 0.6 is 0 Å². The molecule has 0 saturated heterocycles. The molecule has 21 heavy (non-hydrogen) atoms. The van der Waals surface area contributed by atoms with Gasteiger partial charge >= 0.3 is 5.97 Å². The van der Waals surface area contributed by atoms with Gasteiger partial charge in [-0.2, -0.15) is 0 Å². The van der Waals surface area contributed by atoms with Crippen LogP contribution in [0, 0.1) is 17.3 Å². The molecule has 0 aromatic heterocycles.